The van der Waals surface area contributed by atoms with E-state index in [1.54, 1.807) is 14.2 Å². The number of ether oxygens (including phenoxy) is 3. The molecule has 1 heterocycles. The van der Waals surface area contributed by atoms with Crippen molar-refractivity contribution in [2.45, 2.75) is 13.2 Å². The molecule has 0 spiro atoms. The van der Waals surface area contributed by atoms with Gasteiger partial charge < -0.3 is 14.2 Å². The molecular weight excluding hydrogens is 264 g/mol. The van der Waals surface area contributed by atoms with E-state index in [4.69, 9.17) is 14.2 Å². The molecule has 0 amide bonds. The minimum Gasteiger partial charge on any atom is -0.497 e. The van der Waals surface area contributed by atoms with Crippen LogP contribution in [0.1, 0.15) is 28.5 Å². The summed E-state index contributed by atoms with van der Waals surface area (Å²) >= 11 is 0. The van der Waals surface area contributed by atoms with Gasteiger partial charge in [0.25, 0.3) is 0 Å². The molecule has 3 rings (SSSR count). The van der Waals surface area contributed by atoms with Gasteiger partial charge in [0.1, 0.15) is 11.5 Å². The first-order chi connectivity index (χ1) is 10.2. The molecule has 1 atom stereocenters. The summed E-state index contributed by atoms with van der Waals surface area (Å²) in [5.74, 6) is 1.70. The molecule has 0 saturated carbocycles. The minimum atomic E-state index is -0.328. The number of hydrogen-bond acceptors (Lipinski definition) is 3. The third-order valence-electron chi connectivity index (χ3n) is 3.69. The second kappa shape index (κ2) is 5.62. The molecule has 0 radical (unpaired) electrons. The molecule has 2 aromatic rings. The van der Waals surface area contributed by atoms with E-state index in [1.165, 1.54) is 0 Å². The maximum atomic E-state index is 5.90. The number of hydrogen-bond donors (Lipinski definition) is 0. The van der Waals surface area contributed by atoms with Crippen LogP contribution in [0.5, 0.6) is 5.75 Å². The lowest BCUT2D eigenvalue weighted by Crippen LogP contribution is -1.97. The molecule has 3 heteroatoms. The highest BCUT2D eigenvalue weighted by Crippen LogP contribution is 2.39. The molecule has 108 valence electrons. The topological polar surface area (TPSA) is 27.7 Å². The zero-order valence-electron chi connectivity index (χ0n) is 12.4. The Balaban J connectivity index is 2.01. The Bertz CT molecular complexity index is 689. The van der Waals surface area contributed by atoms with Crippen LogP contribution in [0, 0.1) is 6.92 Å². The third-order valence-corrected chi connectivity index (χ3v) is 3.69. The van der Waals surface area contributed by atoms with Crippen LogP contribution in [0.2, 0.25) is 0 Å². The van der Waals surface area contributed by atoms with Crippen molar-refractivity contribution in [2.24, 2.45) is 0 Å². The molecule has 0 aromatic heterocycles. The van der Waals surface area contributed by atoms with E-state index in [0.717, 1.165) is 33.8 Å². The van der Waals surface area contributed by atoms with Gasteiger partial charge in [-0.25, -0.2) is 0 Å². The van der Waals surface area contributed by atoms with Gasteiger partial charge in [0, 0.05) is 18.2 Å². The summed E-state index contributed by atoms with van der Waals surface area (Å²) in [6.07, 6.45) is 1.72. The number of fused-ring (bicyclic) bond motifs is 1. The van der Waals surface area contributed by atoms with Gasteiger partial charge in [0.15, 0.2) is 0 Å². The SMILES string of the molecule is COc1ccc(/C=C2\OC(OC)c3ccccc32)c(C)c1. The zero-order valence-corrected chi connectivity index (χ0v) is 12.4. The lowest BCUT2D eigenvalue weighted by Gasteiger charge is -2.09. The predicted octanol–water partition coefficient (Wildman–Crippen LogP) is 4.18. The van der Waals surface area contributed by atoms with E-state index in [-0.39, 0.29) is 6.29 Å². The second-order valence-corrected chi connectivity index (χ2v) is 5.00. The van der Waals surface area contributed by atoms with Crippen LogP contribution in [0.4, 0.5) is 0 Å². The van der Waals surface area contributed by atoms with Crippen molar-refractivity contribution in [1.29, 1.82) is 0 Å². The fourth-order valence-electron chi connectivity index (χ4n) is 2.53. The molecule has 2 aromatic carbocycles. The Labute approximate surface area is 124 Å². The fourth-order valence-corrected chi connectivity index (χ4v) is 2.53. The summed E-state index contributed by atoms with van der Waals surface area (Å²) < 4.78 is 16.5. The highest BCUT2D eigenvalue weighted by atomic mass is 16.7. The Morgan fingerprint density at radius 1 is 1.10 bits per heavy atom. The predicted molar refractivity (Wildman–Crippen MR) is 82.9 cm³/mol. The number of aryl methyl sites for hydroxylation is 1. The van der Waals surface area contributed by atoms with Gasteiger partial charge in [-0.2, -0.15) is 0 Å². The van der Waals surface area contributed by atoms with Gasteiger partial charge in [-0.3, -0.25) is 0 Å². The summed E-state index contributed by atoms with van der Waals surface area (Å²) in [6, 6.07) is 14.1. The van der Waals surface area contributed by atoms with Crippen LogP contribution < -0.4 is 4.74 Å². The first-order valence-corrected chi connectivity index (χ1v) is 6.88. The third kappa shape index (κ3) is 2.52. The van der Waals surface area contributed by atoms with Crippen molar-refractivity contribution in [3.63, 3.8) is 0 Å². The first-order valence-electron chi connectivity index (χ1n) is 6.88. The summed E-state index contributed by atoms with van der Waals surface area (Å²) in [7, 11) is 3.33. The lowest BCUT2D eigenvalue weighted by molar-refractivity contribution is -0.0644. The quantitative estimate of drug-likeness (QED) is 0.845. The summed E-state index contributed by atoms with van der Waals surface area (Å²) in [5, 5.41) is 0. The molecule has 1 unspecified atom stereocenters. The summed E-state index contributed by atoms with van der Waals surface area (Å²) in [5.41, 5.74) is 4.40. The minimum absolute atomic E-state index is 0.328. The van der Waals surface area contributed by atoms with Gasteiger partial charge >= 0.3 is 0 Å². The van der Waals surface area contributed by atoms with Crippen molar-refractivity contribution in [3.05, 3.63) is 64.7 Å². The molecule has 21 heavy (non-hydrogen) atoms. The van der Waals surface area contributed by atoms with E-state index >= 15 is 0 Å². The van der Waals surface area contributed by atoms with Crippen molar-refractivity contribution in [3.8, 4) is 5.75 Å². The maximum Gasteiger partial charge on any atom is 0.227 e. The number of benzene rings is 2. The van der Waals surface area contributed by atoms with E-state index in [1.807, 2.05) is 42.5 Å². The summed E-state index contributed by atoms with van der Waals surface area (Å²) in [4.78, 5) is 0. The Hall–Kier alpha value is -2.26. The molecule has 1 aliphatic rings. The zero-order chi connectivity index (χ0) is 14.8. The lowest BCUT2D eigenvalue weighted by atomic mass is 10.0. The number of rotatable bonds is 3. The molecule has 0 bridgehead atoms. The second-order valence-electron chi connectivity index (χ2n) is 5.00. The Kier molecular flexibility index (Phi) is 3.67. The first kappa shape index (κ1) is 13.7. The largest absolute Gasteiger partial charge is 0.497 e. The van der Waals surface area contributed by atoms with Crippen LogP contribution >= 0.6 is 0 Å². The molecule has 3 nitrogen and oxygen atoms in total. The Morgan fingerprint density at radius 3 is 2.62 bits per heavy atom. The maximum absolute atomic E-state index is 5.90. The monoisotopic (exact) mass is 282 g/mol. The van der Waals surface area contributed by atoms with Gasteiger partial charge in [-0.05, 0) is 36.3 Å². The fraction of sp³-hybridized carbons (Fsp3) is 0.222. The van der Waals surface area contributed by atoms with E-state index in [2.05, 4.69) is 13.0 Å². The molecule has 1 aliphatic heterocycles. The van der Waals surface area contributed by atoms with Crippen LogP contribution in [0.15, 0.2) is 42.5 Å². The molecule has 0 fully saturated rings. The molecular formula is C18H18O3. The van der Waals surface area contributed by atoms with Crippen LogP contribution in [-0.2, 0) is 9.47 Å². The van der Waals surface area contributed by atoms with Gasteiger partial charge in [-0.15, -0.1) is 0 Å². The highest BCUT2D eigenvalue weighted by molar-refractivity contribution is 5.81. The van der Waals surface area contributed by atoms with Crippen molar-refractivity contribution >= 4 is 11.8 Å². The number of methoxy groups -OCH3 is 2. The normalized spacial score (nSPS) is 18.4. The van der Waals surface area contributed by atoms with E-state index < -0.39 is 0 Å². The van der Waals surface area contributed by atoms with Crippen LogP contribution in [0.3, 0.4) is 0 Å². The van der Waals surface area contributed by atoms with Gasteiger partial charge in [-0.1, -0.05) is 30.3 Å². The van der Waals surface area contributed by atoms with E-state index in [9.17, 15) is 0 Å². The van der Waals surface area contributed by atoms with Crippen molar-refractivity contribution in [1.82, 2.24) is 0 Å². The van der Waals surface area contributed by atoms with Crippen LogP contribution in [0.25, 0.3) is 11.8 Å². The van der Waals surface area contributed by atoms with Crippen molar-refractivity contribution < 1.29 is 14.2 Å². The summed E-state index contributed by atoms with van der Waals surface area (Å²) in [6.45, 7) is 2.06. The molecule has 0 aliphatic carbocycles. The van der Waals surface area contributed by atoms with Gasteiger partial charge in [0.05, 0.1) is 7.11 Å². The standard InChI is InChI=1S/C18H18O3/c1-12-10-14(19-2)9-8-13(12)11-17-15-6-4-5-7-16(15)18(20-3)21-17/h4-11,18H,1-3H3/b17-11-. The van der Waals surface area contributed by atoms with E-state index in [0.29, 0.717) is 0 Å². The smallest absolute Gasteiger partial charge is 0.227 e. The van der Waals surface area contributed by atoms with Gasteiger partial charge in [0.2, 0.25) is 6.29 Å². The molecule has 0 N–H and O–H groups in total. The van der Waals surface area contributed by atoms with Crippen LogP contribution in [-0.4, -0.2) is 14.2 Å². The van der Waals surface area contributed by atoms with Crippen molar-refractivity contribution in [2.75, 3.05) is 14.2 Å². The average Bonchev–Trinajstić information content (AvgIpc) is 2.87. The average molecular weight is 282 g/mol. The highest BCUT2D eigenvalue weighted by Gasteiger charge is 2.27. The molecule has 0 saturated heterocycles. The Morgan fingerprint density at radius 2 is 1.90 bits per heavy atom.